The number of nitrogens with zero attached hydrogens (tertiary/aromatic N) is 2. The monoisotopic (exact) mass is 214 g/mol. The maximum atomic E-state index is 11.4. The lowest BCUT2D eigenvalue weighted by atomic mass is 10.2. The van der Waals surface area contributed by atoms with E-state index in [4.69, 9.17) is 10.5 Å². The second kappa shape index (κ2) is 4.02. The van der Waals surface area contributed by atoms with Gasteiger partial charge in [0.05, 0.1) is 0 Å². The summed E-state index contributed by atoms with van der Waals surface area (Å²) in [7, 11) is 0. The van der Waals surface area contributed by atoms with Crippen LogP contribution < -0.4 is 5.73 Å². The molecular formula is C8H12N3O2S. The molecule has 1 rings (SSSR count). The second-order valence-electron chi connectivity index (χ2n) is 3.74. The standard InChI is InChI=1S/C8H12N3O2S/c1-8(2,3)13-7(12)5(9)6-11-10-4-14-6/h5H,9H2,1-3H3. The first-order chi connectivity index (χ1) is 6.40. The van der Waals surface area contributed by atoms with Gasteiger partial charge >= 0.3 is 5.97 Å². The van der Waals surface area contributed by atoms with Gasteiger partial charge in [-0.2, -0.15) is 0 Å². The number of hydrogen-bond acceptors (Lipinski definition) is 6. The van der Waals surface area contributed by atoms with Crippen LogP contribution in [0.1, 0.15) is 31.8 Å². The third kappa shape index (κ3) is 3.04. The number of carbonyl (C=O) groups is 1. The Kier molecular flexibility index (Phi) is 3.17. The number of hydrogen-bond donors (Lipinski definition) is 1. The van der Waals surface area contributed by atoms with Crippen molar-refractivity contribution in [2.75, 3.05) is 0 Å². The molecule has 0 saturated carbocycles. The van der Waals surface area contributed by atoms with Gasteiger partial charge in [-0.05, 0) is 20.8 Å². The molecule has 2 N–H and O–H groups in total. The van der Waals surface area contributed by atoms with Crippen molar-refractivity contribution in [3.63, 3.8) is 0 Å². The van der Waals surface area contributed by atoms with E-state index >= 15 is 0 Å². The molecule has 1 heterocycles. The Balaban J connectivity index is 2.63. The van der Waals surface area contributed by atoms with E-state index in [0.717, 1.165) is 11.3 Å². The fourth-order valence-corrected chi connectivity index (χ4v) is 1.23. The van der Waals surface area contributed by atoms with Gasteiger partial charge in [0.25, 0.3) is 0 Å². The number of esters is 1. The molecule has 1 atom stereocenters. The number of rotatable bonds is 2. The van der Waals surface area contributed by atoms with Gasteiger partial charge < -0.3 is 10.5 Å². The van der Waals surface area contributed by atoms with Crippen molar-refractivity contribution in [2.45, 2.75) is 32.4 Å². The van der Waals surface area contributed by atoms with Crippen LogP contribution >= 0.6 is 11.3 Å². The van der Waals surface area contributed by atoms with Crippen molar-refractivity contribution in [3.8, 4) is 0 Å². The molecule has 6 heteroatoms. The normalized spacial score (nSPS) is 13.7. The predicted molar refractivity (Wildman–Crippen MR) is 51.5 cm³/mol. The van der Waals surface area contributed by atoms with Crippen LogP contribution in [0.3, 0.4) is 0 Å². The third-order valence-corrected chi connectivity index (χ3v) is 1.98. The van der Waals surface area contributed by atoms with Gasteiger partial charge in [-0.25, -0.2) is 4.79 Å². The fourth-order valence-electron chi connectivity index (χ4n) is 0.749. The number of ether oxygens (including phenoxy) is 1. The smallest absolute Gasteiger partial charge is 0.330 e. The zero-order chi connectivity index (χ0) is 10.8. The zero-order valence-electron chi connectivity index (χ0n) is 8.27. The molecule has 1 aromatic rings. The lowest BCUT2D eigenvalue weighted by molar-refractivity contribution is -0.156. The molecule has 0 bridgehead atoms. The SMILES string of the molecule is CC(C)(C)OC(=O)C(N)c1nn[c]s1. The van der Waals surface area contributed by atoms with Gasteiger partial charge in [-0.3, -0.25) is 0 Å². The summed E-state index contributed by atoms with van der Waals surface area (Å²) >= 11 is 1.11. The molecule has 5 nitrogen and oxygen atoms in total. The highest BCUT2D eigenvalue weighted by atomic mass is 32.1. The van der Waals surface area contributed by atoms with E-state index in [0.29, 0.717) is 5.01 Å². The molecule has 77 valence electrons. The summed E-state index contributed by atoms with van der Waals surface area (Å²) in [4.78, 5) is 11.4. The highest BCUT2D eigenvalue weighted by Gasteiger charge is 2.25. The molecule has 14 heavy (non-hydrogen) atoms. The van der Waals surface area contributed by atoms with Crippen molar-refractivity contribution in [3.05, 3.63) is 10.5 Å². The van der Waals surface area contributed by atoms with Crippen molar-refractivity contribution in [1.29, 1.82) is 0 Å². The fraction of sp³-hybridized carbons (Fsp3) is 0.625. The summed E-state index contributed by atoms with van der Waals surface area (Å²) in [5.41, 5.74) is 7.59. The zero-order valence-corrected chi connectivity index (χ0v) is 9.09. The maximum absolute atomic E-state index is 11.4. The third-order valence-electron chi connectivity index (χ3n) is 1.27. The van der Waals surface area contributed by atoms with Crippen LogP contribution in [0, 0.1) is 5.51 Å². The number of carbonyl (C=O) groups excluding carboxylic acids is 1. The Morgan fingerprint density at radius 3 is 2.71 bits per heavy atom. The Hall–Kier alpha value is -1.01. The lowest BCUT2D eigenvalue weighted by Gasteiger charge is -2.21. The van der Waals surface area contributed by atoms with E-state index in [-0.39, 0.29) is 0 Å². The summed E-state index contributed by atoms with van der Waals surface area (Å²) in [5.74, 6) is -0.498. The highest BCUT2D eigenvalue weighted by molar-refractivity contribution is 7.08. The van der Waals surface area contributed by atoms with Gasteiger partial charge in [-0.15, -0.1) is 10.2 Å². The molecule has 1 radical (unpaired) electrons. The maximum Gasteiger partial charge on any atom is 0.330 e. The summed E-state index contributed by atoms with van der Waals surface area (Å²) in [5, 5.41) is 7.55. The van der Waals surface area contributed by atoms with Crippen LogP contribution in [0.5, 0.6) is 0 Å². The van der Waals surface area contributed by atoms with Crippen LogP contribution in [-0.4, -0.2) is 21.8 Å². The van der Waals surface area contributed by atoms with Gasteiger partial charge in [0.15, 0.2) is 11.6 Å². The minimum atomic E-state index is -0.863. The van der Waals surface area contributed by atoms with Crippen molar-refractivity contribution in [1.82, 2.24) is 10.2 Å². The van der Waals surface area contributed by atoms with Crippen LogP contribution in [0.25, 0.3) is 0 Å². The molecule has 1 unspecified atom stereocenters. The molecule has 0 saturated heterocycles. The van der Waals surface area contributed by atoms with Crippen LogP contribution in [-0.2, 0) is 9.53 Å². The van der Waals surface area contributed by atoms with E-state index in [1.807, 2.05) is 0 Å². The summed E-state index contributed by atoms with van der Waals surface area (Å²) in [6.45, 7) is 5.34. The van der Waals surface area contributed by atoms with E-state index < -0.39 is 17.6 Å². The van der Waals surface area contributed by atoms with Crippen LogP contribution in [0.15, 0.2) is 0 Å². The summed E-state index contributed by atoms with van der Waals surface area (Å²) in [6, 6.07) is -0.863. The van der Waals surface area contributed by atoms with Crippen LogP contribution in [0.2, 0.25) is 0 Å². The molecular weight excluding hydrogens is 202 g/mol. The summed E-state index contributed by atoms with van der Waals surface area (Å²) < 4.78 is 5.08. The van der Waals surface area contributed by atoms with E-state index in [1.165, 1.54) is 0 Å². The van der Waals surface area contributed by atoms with Gasteiger partial charge in [0.1, 0.15) is 10.6 Å². The van der Waals surface area contributed by atoms with E-state index in [2.05, 4.69) is 15.7 Å². The predicted octanol–water partition coefficient (Wildman–Crippen LogP) is 0.680. The van der Waals surface area contributed by atoms with E-state index in [9.17, 15) is 4.79 Å². The molecule has 1 aromatic heterocycles. The van der Waals surface area contributed by atoms with Gasteiger partial charge in [0.2, 0.25) is 0 Å². The average molecular weight is 214 g/mol. The van der Waals surface area contributed by atoms with Gasteiger partial charge in [0, 0.05) is 0 Å². The molecule has 0 aliphatic heterocycles. The minimum absolute atomic E-state index is 0.416. The first-order valence-electron chi connectivity index (χ1n) is 4.08. The topological polar surface area (TPSA) is 78.1 Å². The molecule has 0 fully saturated rings. The average Bonchev–Trinajstić information content (AvgIpc) is 2.51. The van der Waals surface area contributed by atoms with Crippen molar-refractivity contribution in [2.24, 2.45) is 5.73 Å². The molecule has 0 amide bonds. The Bertz CT molecular complexity index is 305. The first-order valence-corrected chi connectivity index (χ1v) is 4.90. The largest absolute Gasteiger partial charge is 0.458 e. The van der Waals surface area contributed by atoms with Crippen molar-refractivity contribution >= 4 is 17.3 Å². The quantitative estimate of drug-likeness (QED) is 0.732. The minimum Gasteiger partial charge on any atom is -0.458 e. The van der Waals surface area contributed by atoms with E-state index in [1.54, 1.807) is 20.8 Å². The van der Waals surface area contributed by atoms with Crippen molar-refractivity contribution < 1.29 is 9.53 Å². The molecule has 0 spiro atoms. The Labute approximate surface area is 86.3 Å². The number of aromatic nitrogens is 2. The lowest BCUT2D eigenvalue weighted by Crippen LogP contribution is -2.31. The molecule has 0 aliphatic rings. The Morgan fingerprint density at radius 1 is 1.64 bits per heavy atom. The van der Waals surface area contributed by atoms with Crippen LogP contribution in [0.4, 0.5) is 0 Å². The molecule has 0 aromatic carbocycles. The Morgan fingerprint density at radius 2 is 2.29 bits per heavy atom. The van der Waals surface area contributed by atoms with Gasteiger partial charge in [-0.1, -0.05) is 11.3 Å². The molecule has 0 aliphatic carbocycles. The first kappa shape index (κ1) is 11.1. The second-order valence-corrected chi connectivity index (χ2v) is 4.55. The summed E-state index contributed by atoms with van der Waals surface area (Å²) in [6.07, 6.45) is 0. The number of nitrogens with two attached hydrogens (primary N) is 1. The highest BCUT2D eigenvalue weighted by Crippen LogP contribution is 2.16.